The summed E-state index contributed by atoms with van der Waals surface area (Å²) in [5.41, 5.74) is 2.24. The van der Waals surface area contributed by atoms with E-state index < -0.39 is 0 Å². The van der Waals surface area contributed by atoms with Gasteiger partial charge >= 0.3 is 0 Å². The molecule has 1 aromatic carbocycles. The molecule has 3 heterocycles. The number of oxime groups is 1. The highest BCUT2D eigenvalue weighted by atomic mass is 35.5. The van der Waals surface area contributed by atoms with Gasteiger partial charge in [-0.1, -0.05) is 34.4 Å². The molecule has 0 aromatic heterocycles. The lowest BCUT2D eigenvalue weighted by Crippen LogP contribution is -2.40. The van der Waals surface area contributed by atoms with Crippen LogP contribution in [0.3, 0.4) is 0 Å². The summed E-state index contributed by atoms with van der Waals surface area (Å²) in [6.45, 7) is 7.08. The van der Waals surface area contributed by atoms with E-state index in [1.807, 2.05) is 32.9 Å². The summed E-state index contributed by atoms with van der Waals surface area (Å²) in [4.78, 5) is 8.41. The number of benzene rings is 1. The molecule has 4 rings (SSSR count). The van der Waals surface area contributed by atoms with Gasteiger partial charge in [-0.2, -0.15) is 0 Å². The molecule has 0 N–H and O–H groups in total. The van der Waals surface area contributed by atoms with Crippen molar-refractivity contribution in [2.45, 2.75) is 63.6 Å². The number of hydrogen-bond donors (Lipinski definition) is 0. The second kappa shape index (κ2) is 5.89. The number of piperidine rings is 1. The van der Waals surface area contributed by atoms with Gasteiger partial charge < -0.3 is 4.84 Å². The van der Waals surface area contributed by atoms with Crippen molar-refractivity contribution in [3.63, 3.8) is 0 Å². The van der Waals surface area contributed by atoms with Crippen LogP contribution < -0.4 is 0 Å². The molecule has 24 heavy (non-hydrogen) atoms. The molecule has 0 spiro atoms. The Morgan fingerprint density at radius 1 is 1.17 bits per heavy atom. The van der Waals surface area contributed by atoms with Gasteiger partial charge in [-0.05, 0) is 63.6 Å². The molecule has 4 bridgehead atoms. The largest absolute Gasteiger partial charge is 0.390 e. The van der Waals surface area contributed by atoms with Crippen LogP contribution in [0.1, 0.15) is 51.5 Å². The molecule has 1 unspecified atom stereocenters. The van der Waals surface area contributed by atoms with E-state index in [0.29, 0.717) is 34.0 Å². The van der Waals surface area contributed by atoms with Gasteiger partial charge in [0.05, 0.1) is 15.8 Å². The lowest BCUT2D eigenvalue weighted by Gasteiger charge is -2.37. The summed E-state index contributed by atoms with van der Waals surface area (Å²) in [6, 6.07) is 7.36. The first kappa shape index (κ1) is 16.7. The van der Waals surface area contributed by atoms with E-state index in [1.54, 1.807) is 0 Å². The van der Waals surface area contributed by atoms with E-state index in [1.165, 1.54) is 30.5 Å². The smallest absolute Gasteiger partial charge is 0.129 e. The number of hydrogen-bond acceptors (Lipinski definition) is 3. The zero-order chi connectivity index (χ0) is 17.1. The third-order valence-electron chi connectivity index (χ3n) is 5.60. The quantitative estimate of drug-likeness (QED) is 0.678. The Labute approximate surface area is 153 Å². The predicted octanol–water partition coefficient (Wildman–Crippen LogP) is 5.11. The van der Waals surface area contributed by atoms with Crippen LogP contribution >= 0.6 is 23.2 Å². The first-order valence-electron chi connectivity index (χ1n) is 8.79. The summed E-state index contributed by atoms with van der Waals surface area (Å²) in [5, 5.41) is 5.85. The van der Waals surface area contributed by atoms with Gasteiger partial charge in [0.15, 0.2) is 0 Å². The Balaban J connectivity index is 1.68. The molecule has 3 aliphatic heterocycles. The lowest BCUT2D eigenvalue weighted by molar-refractivity contribution is -0.0000557. The molecule has 1 aromatic rings. The normalized spacial score (nSPS) is 36.4. The Bertz CT molecular complexity index is 682. The summed E-state index contributed by atoms with van der Waals surface area (Å²) < 4.78 is 0. The van der Waals surface area contributed by atoms with Gasteiger partial charge in [0, 0.05) is 24.5 Å². The van der Waals surface area contributed by atoms with Crippen LogP contribution in [-0.2, 0) is 4.84 Å². The Hall–Kier alpha value is -0.770. The molecule has 3 nitrogen and oxygen atoms in total. The van der Waals surface area contributed by atoms with E-state index in [9.17, 15) is 0 Å². The first-order chi connectivity index (χ1) is 11.3. The Morgan fingerprint density at radius 2 is 1.96 bits per heavy atom. The molecule has 3 saturated heterocycles. The van der Waals surface area contributed by atoms with Gasteiger partial charge in [0.2, 0.25) is 0 Å². The number of nitrogens with zero attached hydrogens (tertiary/aromatic N) is 2. The molecule has 130 valence electrons. The average molecular weight is 367 g/mol. The van der Waals surface area contributed by atoms with Crippen molar-refractivity contribution in [2.24, 2.45) is 11.1 Å². The van der Waals surface area contributed by atoms with Gasteiger partial charge in [-0.25, -0.2) is 0 Å². The topological polar surface area (TPSA) is 24.8 Å². The van der Waals surface area contributed by atoms with Gasteiger partial charge in [0.25, 0.3) is 0 Å². The van der Waals surface area contributed by atoms with Crippen LogP contribution in [0, 0.1) is 5.92 Å². The summed E-state index contributed by atoms with van der Waals surface area (Å²) in [7, 11) is 0. The summed E-state index contributed by atoms with van der Waals surface area (Å²) >= 11 is 12.4. The van der Waals surface area contributed by atoms with E-state index in [4.69, 9.17) is 28.0 Å². The monoisotopic (exact) mass is 366 g/mol. The molecular formula is C19H24Cl2N2O. The molecule has 5 heteroatoms. The van der Waals surface area contributed by atoms with Crippen LogP contribution in [0.4, 0.5) is 0 Å². The third-order valence-corrected chi connectivity index (χ3v) is 6.34. The van der Waals surface area contributed by atoms with Crippen LogP contribution in [0.5, 0.6) is 0 Å². The molecule has 3 fully saturated rings. The van der Waals surface area contributed by atoms with Crippen molar-refractivity contribution in [3.8, 4) is 0 Å². The molecule has 5 atom stereocenters. The van der Waals surface area contributed by atoms with E-state index in [-0.39, 0.29) is 5.60 Å². The highest BCUT2D eigenvalue weighted by Gasteiger charge is 2.54. The fourth-order valence-electron chi connectivity index (χ4n) is 4.68. The maximum Gasteiger partial charge on any atom is 0.129 e. The van der Waals surface area contributed by atoms with Crippen LogP contribution in [0.2, 0.25) is 10.0 Å². The number of rotatable bonds is 2. The minimum absolute atomic E-state index is 0.253. The Morgan fingerprint density at radius 3 is 2.67 bits per heavy atom. The molecule has 0 amide bonds. The fourth-order valence-corrected chi connectivity index (χ4v) is 4.98. The minimum atomic E-state index is -0.253. The second-order valence-electron chi connectivity index (χ2n) is 8.30. The van der Waals surface area contributed by atoms with Gasteiger partial charge in [-0.15, -0.1) is 0 Å². The maximum atomic E-state index is 6.28. The molecule has 3 aliphatic rings. The van der Waals surface area contributed by atoms with Crippen molar-refractivity contribution in [2.75, 3.05) is 6.54 Å². The van der Waals surface area contributed by atoms with Crippen molar-refractivity contribution in [3.05, 3.63) is 33.8 Å². The third kappa shape index (κ3) is 2.85. The molecular weight excluding hydrogens is 343 g/mol. The van der Waals surface area contributed by atoms with E-state index in [0.717, 1.165) is 6.54 Å². The second-order valence-corrected chi connectivity index (χ2v) is 9.11. The zero-order valence-corrected chi connectivity index (χ0v) is 15.9. The van der Waals surface area contributed by atoms with E-state index >= 15 is 0 Å². The zero-order valence-electron chi connectivity index (χ0n) is 14.4. The maximum absolute atomic E-state index is 6.28. The van der Waals surface area contributed by atoms with Gasteiger partial charge in [-0.3, -0.25) is 4.90 Å². The van der Waals surface area contributed by atoms with Crippen LogP contribution in [0.25, 0.3) is 0 Å². The van der Waals surface area contributed by atoms with Crippen molar-refractivity contribution < 1.29 is 4.84 Å². The summed E-state index contributed by atoms with van der Waals surface area (Å²) in [6.07, 6.45) is 3.74. The highest BCUT2D eigenvalue weighted by Crippen LogP contribution is 2.51. The van der Waals surface area contributed by atoms with Crippen molar-refractivity contribution in [1.29, 1.82) is 0 Å². The molecule has 0 saturated carbocycles. The highest BCUT2D eigenvalue weighted by molar-refractivity contribution is 6.42. The van der Waals surface area contributed by atoms with E-state index in [2.05, 4.69) is 16.1 Å². The first-order valence-corrected chi connectivity index (χ1v) is 9.55. The van der Waals surface area contributed by atoms with Crippen LogP contribution in [0.15, 0.2) is 23.4 Å². The number of halogens is 2. The summed E-state index contributed by atoms with van der Waals surface area (Å²) in [5.74, 6) is 0.890. The predicted molar refractivity (Wildman–Crippen MR) is 99.1 cm³/mol. The van der Waals surface area contributed by atoms with Gasteiger partial charge in [0.1, 0.15) is 5.60 Å². The minimum Gasteiger partial charge on any atom is -0.390 e. The average Bonchev–Trinajstić information content (AvgIpc) is 2.92. The Kier molecular flexibility index (Phi) is 4.10. The molecule has 0 aliphatic carbocycles. The SMILES string of the molecule is CC(C)(C)O/N=C1/CN2[C@H]3CC[C@@H]2[C@@H]1[C@@H](c1ccc(Cl)c(Cl)c1)C3. The fraction of sp³-hybridized carbons (Fsp3) is 0.632. The lowest BCUT2D eigenvalue weighted by atomic mass is 9.77. The molecule has 0 radical (unpaired) electrons. The standard InChI is InChI=1S/C19H24Cl2N2O/c1-19(2,3)24-22-16-10-23-12-5-7-17(23)18(16)13(9-12)11-4-6-14(20)15(21)8-11/h4,6,8,12-13,17-18H,5,7,9-10H2,1-3H3/b22-16-/t12-,13+,17+,18+/m0/s1. The van der Waals surface area contributed by atoms with Crippen molar-refractivity contribution >= 4 is 28.9 Å². The van der Waals surface area contributed by atoms with Crippen molar-refractivity contribution in [1.82, 2.24) is 4.90 Å². The van der Waals surface area contributed by atoms with Crippen LogP contribution in [-0.4, -0.2) is 34.8 Å².